The summed E-state index contributed by atoms with van der Waals surface area (Å²) < 4.78 is 0. The molecule has 0 bridgehead atoms. The highest BCUT2D eigenvalue weighted by Crippen LogP contribution is 2.22. The van der Waals surface area contributed by atoms with Gasteiger partial charge in [0.05, 0.1) is 13.1 Å². The van der Waals surface area contributed by atoms with Crippen LogP contribution in [-0.4, -0.2) is 36.9 Å². The van der Waals surface area contributed by atoms with Crippen LogP contribution in [0.1, 0.15) is 10.4 Å². The van der Waals surface area contributed by atoms with Crippen LogP contribution < -0.4 is 10.6 Å². The molecule has 2 N–H and O–H groups in total. The number of amides is 2. The molecule has 2 amide bonds. The Bertz CT molecular complexity index is 704. The maximum Gasteiger partial charge on any atom is 0.243 e. The SMILES string of the molecule is Cc1c(Cl)cccc1NC(=O)CNC(=O)CN(C)Cc1cccs1. The van der Waals surface area contributed by atoms with Crippen molar-refractivity contribution in [2.75, 3.05) is 25.5 Å². The van der Waals surface area contributed by atoms with E-state index in [-0.39, 0.29) is 24.9 Å². The van der Waals surface area contributed by atoms with Gasteiger partial charge in [-0.1, -0.05) is 23.7 Å². The topological polar surface area (TPSA) is 61.4 Å². The van der Waals surface area contributed by atoms with Crippen LogP contribution in [0.3, 0.4) is 0 Å². The second-order valence-corrected chi connectivity index (χ2v) is 6.93. The minimum Gasteiger partial charge on any atom is -0.346 e. The van der Waals surface area contributed by atoms with Gasteiger partial charge in [0.25, 0.3) is 0 Å². The van der Waals surface area contributed by atoms with Crippen molar-refractivity contribution in [1.29, 1.82) is 0 Å². The Morgan fingerprint density at radius 2 is 2.00 bits per heavy atom. The minimum atomic E-state index is -0.283. The molecule has 0 unspecified atom stereocenters. The van der Waals surface area contributed by atoms with E-state index in [1.54, 1.807) is 29.5 Å². The van der Waals surface area contributed by atoms with Gasteiger partial charge in [-0.05, 0) is 43.1 Å². The number of nitrogens with zero attached hydrogens (tertiary/aromatic N) is 1. The van der Waals surface area contributed by atoms with Crippen molar-refractivity contribution < 1.29 is 9.59 Å². The standard InChI is InChI=1S/C17H20ClN3O2S/c1-12-14(18)6-3-7-15(12)20-16(22)9-19-17(23)11-21(2)10-13-5-4-8-24-13/h3-8H,9-11H2,1-2H3,(H,19,23)(H,20,22). The van der Waals surface area contributed by atoms with E-state index in [1.165, 1.54) is 4.88 Å². The molecule has 0 fully saturated rings. The summed E-state index contributed by atoms with van der Waals surface area (Å²) in [7, 11) is 1.87. The normalized spacial score (nSPS) is 10.7. The predicted octanol–water partition coefficient (Wildman–Crippen LogP) is 2.90. The molecule has 1 heterocycles. The van der Waals surface area contributed by atoms with Gasteiger partial charge in [-0.15, -0.1) is 11.3 Å². The van der Waals surface area contributed by atoms with Gasteiger partial charge in [0.1, 0.15) is 0 Å². The fourth-order valence-electron chi connectivity index (χ4n) is 2.14. The van der Waals surface area contributed by atoms with Crippen molar-refractivity contribution >= 4 is 40.4 Å². The van der Waals surface area contributed by atoms with E-state index >= 15 is 0 Å². The molecule has 128 valence electrons. The number of hydrogen-bond donors (Lipinski definition) is 2. The summed E-state index contributed by atoms with van der Waals surface area (Å²) in [6.45, 7) is 2.70. The second kappa shape index (κ2) is 8.82. The lowest BCUT2D eigenvalue weighted by Crippen LogP contribution is -2.39. The van der Waals surface area contributed by atoms with Crippen LogP contribution in [0.2, 0.25) is 5.02 Å². The van der Waals surface area contributed by atoms with E-state index < -0.39 is 0 Å². The molecule has 2 rings (SSSR count). The minimum absolute atomic E-state index is 0.0718. The first-order valence-electron chi connectivity index (χ1n) is 7.48. The van der Waals surface area contributed by atoms with Crippen LogP contribution in [0.4, 0.5) is 5.69 Å². The van der Waals surface area contributed by atoms with Crippen LogP contribution in [0, 0.1) is 6.92 Å². The van der Waals surface area contributed by atoms with Crippen molar-refractivity contribution in [3.05, 3.63) is 51.2 Å². The van der Waals surface area contributed by atoms with Crippen LogP contribution in [0.15, 0.2) is 35.7 Å². The van der Waals surface area contributed by atoms with E-state index in [2.05, 4.69) is 10.6 Å². The highest BCUT2D eigenvalue weighted by Gasteiger charge is 2.11. The molecule has 0 spiro atoms. The fourth-order valence-corrected chi connectivity index (χ4v) is 3.10. The molecular weight excluding hydrogens is 346 g/mol. The zero-order valence-corrected chi connectivity index (χ0v) is 15.2. The van der Waals surface area contributed by atoms with Gasteiger partial charge in [0.2, 0.25) is 11.8 Å². The van der Waals surface area contributed by atoms with Gasteiger partial charge in [-0.3, -0.25) is 14.5 Å². The number of carbonyl (C=O) groups excluding carboxylic acids is 2. The third-order valence-corrected chi connectivity index (χ3v) is 4.68. The van der Waals surface area contributed by atoms with Gasteiger partial charge >= 0.3 is 0 Å². The monoisotopic (exact) mass is 365 g/mol. The highest BCUT2D eigenvalue weighted by atomic mass is 35.5. The molecule has 1 aromatic heterocycles. The Hall–Kier alpha value is -1.89. The Kier molecular flexibility index (Phi) is 6.78. The number of rotatable bonds is 7. The Balaban J connectivity index is 1.74. The molecule has 2 aromatic rings. The number of anilines is 1. The average Bonchev–Trinajstić information content (AvgIpc) is 3.02. The molecule has 0 aliphatic heterocycles. The molecule has 24 heavy (non-hydrogen) atoms. The Morgan fingerprint density at radius 3 is 2.71 bits per heavy atom. The van der Waals surface area contributed by atoms with E-state index in [4.69, 9.17) is 11.6 Å². The zero-order chi connectivity index (χ0) is 17.5. The number of thiophene rings is 1. The van der Waals surface area contributed by atoms with Gasteiger partial charge in [0.15, 0.2) is 0 Å². The average molecular weight is 366 g/mol. The van der Waals surface area contributed by atoms with Crippen molar-refractivity contribution in [2.24, 2.45) is 0 Å². The predicted molar refractivity (Wildman–Crippen MR) is 98.5 cm³/mol. The van der Waals surface area contributed by atoms with Gasteiger partial charge in [-0.25, -0.2) is 0 Å². The van der Waals surface area contributed by atoms with E-state index in [0.29, 0.717) is 17.3 Å². The van der Waals surface area contributed by atoms with Crippen molar-refractivity contribution in [1.82, 2.24) is 10.2 Å². The maximum absolute atomic E-state index is 11.9. The summed E-state index contributed by atoms with van der Waals surface area (Å²) in [6.07, 6.45) is 0. The molecule has 0 atom stereocenters. The molecule has 0 aliphatic rings. The lowest BCUT2D eigenvalue weighted by molar-refractivity contribution is -0.124. The quantitative estimate of drug-likeness (QED) is 0.793. The van der Waals surface area contributed by atoms with Gasteiger partial charge in [-0.2, -0.15) is 0 Å². The molecule has 5 nitrogen and oxygen atoms in total. The smallest absolute Gasteiger partial charge is 0.243 e. The molecule has 0 aliphatic carbocycles. The Morgan fingerprint density at radius 1 is 1.21 bits per heavy atom. The zero-order valence-electron chi connectivity index (χ0n) is 13.6. The number of carbonyl (C=O) groups is 2. The van der Waals surface area contributed by atoms with Gasteiger partial charge < -0.3 is 10.6 Å². The summed E-state index contributed by atoms with van der Waals surface area (Å²) >= 11 is 7.67. The third-order valence-electron chi connectivity index (χ3n) is 3.41. The molecule has 0 saturated carbocycles. The molecule has 0 radical (unpaired) electrons. The first kappa shape index (κ1) is 18.4. The lowest BCUT2D eigenvalue weighted by atomic mass is 10.2. The first-order chi connectivity index (χ1) is 11.5. The first-order valence-corrected chi connectivity index (χ1v) is 8.74. The summed E-state index contributed by atoms with van der Waals surface area (Å²) in [4.78, 5) is 26.9. The van der Waals surface area contributed by atoms with Crippen molar-refractivity contribution in [2.45, 2.75) is 13.5 Å². The van der Waals surface area contributed by atoms with Crippen LogP contribution >= 0.6 is 22.9 Å². The Labute approximate surface area is 150 Å². The second-order valence-electron chi connectivity index (χ2n) is 5.49. The van der Waals surface area contributed by atoms with Gasteiger partial charge in [0, 0.05) is 22.1 Å². The van der Waals surface area contributed by atoms with E-state index in [9.17, 15) is 9.59 Å². The van der Waals surface area contributed by atoms with E-state index in [1.807, 2.05) is 36.4 Å². The molecule has 0 saturated heterocycles. The molecule has 1 aromatic carbocycles. The van der Waals surface area contributed by atoms with Crippen LogP contribution in [0.25, 0.3) is 0 Å². The fraction of sp³-hybridized carbons (Fsp3) is 0.294. The van der Waals surface area contributed by atoms with Crippen LogP contribution in [-0.2, 0) is 16.1 Å². The lowest BCUT2D eigenvalue weighted by Gasteiger charge is -2.15. The summed E-state index contributed by atoms with van der Waals surface area (Å²) in [5.74, 6) is -0.471. The maximum atomic E-state index is 11.9. The largest absolute Gasteiger partial charge is 0.346 e. The third kappa shape index (κ3) is 5.63. The summed E-state index contributed by atoms with van der Waals surface area (Å²) in [6, 6.07) is 9.31. The van der Waals surface area contributed by atoms with Crippen LogP contribution in [0.5, 0.6) is 0 Å². The number of halogens is 1. The number of benzene rings is 1. The summed E-state index contributed by atoms with van der Waals surface area (Å²) in [5, 5.41) is 7.97. The van der Waals surface area contributed by atoms with E-state index in [0.717, 1.165) is 5.56 Å². The summed E-state index contributed by atoms with van der Waals surface area (Å²) in [5.41, 5.74) is 1.45. The highest BCUT2D eigenvalue weighted by molar-refractivity contribution is 7.09. The van der Waals surface area contributed by atoms with Crippen molar-refractivity contribution in [3.63, 3.8) is 0 Å². The number of hydrogen-bond acceptors (Lipinski definition) is 4. The number of likely N-dealkylation sites (N-methyl/N-ethyl adjacent to an activating group) is 1. The molecule has 7 heteroatoms. The molecular formula is C17H20ClN3O2S. The van der Waals surface area contributed by atoms with Crippen molar-refractivity contribution in [3.8, 4) is 0 Å². The number of nitrogens with one attached hydrogen (secondary N) is 2.